The van der Waals surface area contributed by atoms with Gasteiger partial charge in [-0.2, -0.15) is 0 Å². The zero-order chi connectivity index (χ0) is 19.3. The zero-order valence-corrected chi connectivity index (χ0v) is 15.4. The van der Waals surface area contributed by atoms with Crippen LogP contribution in [0.5, 0.6) is 5.75 Å². The molecule has 0 saturated heterocycles. The van der Waals surface area contributed by atoms with Crippen molar-refractivity contribution in [3.05, 3.63) is 28.8 Å². The summed E-state index contributed by atoms with van der Waals surface area (Å²) in [5, 5.41) is 9.33. The molecule has 2 rings (SSSR count). The minimum absolute atomic E-state index is 0.00423. The molecule has 1 aliphatic heterocycles. The molecule has 0 unspecified atom stereocenters. The van der Waals surface area contributed by atoms with Crippen molar-refractivity contribution in [3.8, 4) is 5.75 Å². The van der Waals surface area contributed by atoms with E-state index in [2.05, 4.69) is 4.99 Å². The van der Waals surface area contributed by atoms with Crippen molar-refractivity contribution in [2.24, 2.45) is 10.7 Å². The number of ether oxygens (including phenoxy) is 1. The first kappa shape index (κ1) is 19.5. The monoisotopic (exact) mass is 359 g/mol. The third-order valence-corrected chi connectivity index (χ3v) is 4.09. The number of carbonyl (C=O) groups excluding carboxylic acids is 1. The maximum Gasteiger partial charge on any atom is 0.339 e. The third-order valence-electron chi connectivity index (χ3n) is 4.09. The van der Waals surface area contributed by atoms with Crippen molar-refractivity contribution in [3.63, 3.8) is 0 Å². The molecule has 1 heterocycles. The van der Waals surface area contributed by atoms with Crippen LogP contribution in [0.25, 0.3) is 6.08 Å². The molecule has 1 amide bonds. The summed E-state index contributed by atoms with van der Waals surface area (Å²) in [5.74, 6) is -0.687. The molecule has 1 aromatic carbocycles. The molecule has 0 aliphatic carbocycles. The number of fused-ring (bicyclic) bond motifs is 1. The molecule has 1 aliphatic rings. The van der Waals surface area contributed by atoms with Crippen LogP contribution in [0, 0.1) is 0 Å². The van der Waals surface area contributed by atoms with Crippen LogP contribution >= 0.6 is 0 Å². The van der Waals surface area contributed by atoms with Crippen LogP contribution in [-0.4, -0.2) is 47.9 Å². The second kappa shape index (κ2) is 8.51. The quantitative estimate of drug-likeness (QED) is 0.779. The SMILES string of the molecule is CCCN(CCC)C(=O)C1=Cc2cc(OC)c(C(=O)O)cc2N=C(N)C1. The second-order valence-corrected chi connectivity index (χ2v) is 6.16. The highest BCUT2D eigenvalue weighted by atomic mass is 16.5. The molecule has 140 valence electrons. The molecule has 3 N–H and O–H groups in total. The smallest absolute Gasteiger partial charge is 0.339 e. The molecule has 0 aromatic heterocycles. The largest absolute Gasteiger partial charge is 0.496 e. The lowest BCUT2D eigenvalue weighted by Gasteiger charge is -2.22. The molecule has 7 nitrogen and oxygen atoms in total. The zero-order valence-electron chi connectivity index (χ0n) is 15.4. The number of hydrogen-bond acceptors (Lipinski definition) is 5. The molecule has 0 saturated carbocycles. The predicted octanol–water partition coefficient (Wildman–Crippen LogP) is 2.82. The standard InChI is InChI=1S/C19H25N3O4/c1-4-6-22(7-5-2)18(23)13-8-12-9-16(26-3)14(19(24)25)11-15(12)21-17(20)10-13/h8-9,11H,4-7,10H2,1-3H3,(H2,20,21)(H,24,25). The Morgan fingerprint density at radius 2 is 1.92 bits per heavy atom. The second-order valence-electron chi connectivity index (χ2n) is 6.16. The van der Waals surface area contributed by atoms with E-state index in [1.165, 1.54) is 13.2 Å². The number of hydrogen-bond donors (Lipinski definition) is 2. The summed E-state index contributed by atoms with van der Waals surface area (Å²) in [5.41, 5.74) is 7.56. The number of amidine groups is 1. The number of benzene rings is 1. The summed E-state index contributed by atoms with van der Waals surface area (Å²) in [7, 11) is 1.41. The fourth-order valence-electron chi connectivity index (χ4n) is 2.96. The average Bonchev–Trinajstić information content (AvgIpc) is 2.77. The van der Waals surface area contributed by atoms with Gasteiger partial charge in [0.15, 0.2) is 0 Å². The molecule has 26 heavy (non-hydrogen) atoms. The first-order valence-electron chi connectivity index (χ1n) is 8.69. The van der Waals surface area contributed by atoms with Gasteiger partial charge in [-0.1, -0.05) is 13.8 Å². The van der Waals surface area contributed by atoms with Gasteiger partial charge in [0.1, 0.15) is 17.1 Å². The van der Waals surface area contributed by atoms with Crippen LogP contribution in [0.15, 0.2) is 22.7 Å². The lowest BCUT2D eigenvalue weighted by atomic mass is 10.0. The third kappa shape index (κ3) is 4.22. The summed E-state index contributed by atoms with van der Waals surface area (Å²) >= 11 is 0. The maximum atomic E-state index is 12.9. The Kier molecular flexibility index (Phi) is 6.38. The number of carbonyl (C=O) groups is 2. The highest BCUT2D eigenvalue weighted by Gasteiger charge is 2.22. The van der Waals surface area contributed by atoms with Gasteiger partial charge >= 0.3 is 5.97 Å². The molecular formula is C19H25N3O4. The number of carboxylic acids is 1. The fourth-order valence-corrected chi connectivity index (χ4v) is 2.96. The van der Waals surface area contributed by atoms with Crippen LogP contribution in [-0.2, 0) is 4.79 Å². The van der Waals surface area contributed by atoms with Crippen LogP contribution < -0.4 is 10.5 Å². The van der Waals surface area contributed by atoms with Gasteiger partial charge in [-0.05, 0) is 31.1 Å². The van der Waals surface area contributed by atoms with Crippen LogP contribution in [0.1, 0.15) is 49.0 Å². The van der Waals surface area contributed by atoms with Gasteiger partial charge in [0.2, 0.25) is 5.91 Å². The molecule has 0 fully saturated rings. The van der Waals surface area contributed by atoms with E-state index in [0.717, 1.165) is 12.8 Å². The molecule has 0 bridgehead atoms. The Balaban J connectivity index is 2.51. The number of aliphatic imine (C=N–C) groups is 1. The van der Waals surface area contributed by atoms with E-state index in [1.807, 2.05) is 18.7 Å². The van der Waals surface area contributed by atoms with Crippen molar-refractivity contribution in [2.45, 2.75) is 33.1 Å². The van der Waals surface area contributed by atoms with Crippen molar-refractivity contribution in [1.82, 2.24) is 4.90 Å². The van der Waals surface area contributed by atoms with Crippen LogP contribution in [0.3, 0.4) is 0 Å². The average molecular weight is 359 g/mol. The van der Waals surface area contributed by atoms with Gasteiger partial charge in [-0.25, -0.2) is 9.79 Å². The molecule has 0 spiro atoms. The van der Waals surface area contributed by atoms with E-state index in [1.54, 1.807) is 12.1 Å². The Morgan fingerprint density at radius 1 is 1.27 bits per heavy atom. The molecular weight excluding hydrogens is 334 g/mol. The van der Waals surface area contributed by atoms with Gasteiger partial charge in [0.25, 0.3) is 0 Å². The van der Waals surface area contributed by atoms with E-state index in [9.17, 15) is 14.7 Å². The van der Waals surface area contributed by atoms with Gasteiger partial charge in [0, 0.05) is 30.6 Å². The molecule has 7 heteroatoms. The Bertz CT molecular complexity index is 762. The highest BCUT2D eigenvalue weighted by molar-refractivity contribution is 6.06. The van der Waals surface area contributed by atoms with E-state index in [4.69, 9.17) is 10.5 Å². The van der Waals surface area contributed by atoms with Gasteiger partial charge in [-0.15, -0.1) is 0 Å². The molecule has 0 radical (unpaired) electrons. The topological polar surface area (TPSA) is 105 Å². The summed E-state index contributed by atoms with van der Waals surface area (Å²) in [4.78, 5) is 30.4. The molecule has 1 aromatic rings. The van der Waals surface area contributed by atoms with E-state index < -0.39 is 5.97 Å². The number of rotatable bonds is 7. The number of amides is 1. The first-order chi connectivity index (χ1) is 12.4. The van der Waals surface area contributed by atoms with Gasteiger partial charge in [0.05, 0.1) is 12.8 Å². The van der Waals surface area contributed by atoms with Gasteiger partial charge < -0.3 is 20.5 Å². The highest BCUT2D eigenvalue weighted by Crippen LogP contribution is 2.33. The summed E-state index contributed by atoms with van der Waals surface area (Å²) in [6, 6.07) is 3.00. The number of nitrogens with zero attached hydrogens (tertiary/aromatic N) is 2. The lowest BCUT2D eigenvalue weighted by Crippen LogP contribution is -2.34. The van der Waals surface area contributed by atoms with Crippen LogP contribution in [0.2, 0.25) is 0 Å². The Morgan fingerprint density at radius 3 is 2.46 bits per heavy atom. The van der Waals surface area contributed by atoms with Crippen molar-refractivity contribution >= 4 is 29.5 Å². The fraction of sp³-hybridized carbons (Fsp3) is 0.421. The number of carboxylic acid groups (broad SMARTS) is 1. The van der Waals surface area contributed by atoms with Gasteiger partial charge in [-0.3, -0.25) is 4.79 Å². The van der Waals surface area contributed by atoms with Crippen molar-refractivity contribution < 1.29 is 19.4 Å². The number of methoxy groups -OCH3 is 1. The van der Waals surface area contributed by atoms with E-state index >= 15 is 0 Å². The Labute approximate surface area is 153 Å². The summed E-state index contributed by atoms with van der Waals surface area (Å²) in [6.07, 6.45) is 3.69. The molecule has 0 atom stereocenters. The maximum absolute atomic E-state index is 12.9. The number of nitrogens with two attached hydrogens (primary N) is 1. The predicted molar refractivity (Wildman–Crippen MR) is 101 cm³/mol. The Hall–Kier alpha value is -2.83. The van der Waals surface area contributed by atoms with Crippen LogP contribution in [0.4, 0.5) is 5.69 Å². The first-order valence-corrected chi connectivity index (χ1v) is 8.69. The lowest BCUT2D eigenvalue weighted by molar-refractivity contribution is -0.127. The van der Waals surface area contributed by atoms with Crippen molar-refractivity contribution in [2.75, 3.05) is 20.2 Å². The summed E-state index contributed by atoms with van der Waals surface area (Å²) in [6.45, 7) is 5.41. The summed E-state index contributed by atoms with van der Waals surface area (Å²) < 4.78 is 5.18. The minimum Gasteiger partial charge on any atom is -0.496 e. The van der Waals surface area contributed by atoms with E-state index in [-0.39, 0.29) is 29.5 Å². The number of aromatic carboxylic acids is 1. The normalized spacial score (nSPS) is 13.2. The van der Waals surface area contributed by atoms with Crippen molar-refractivity contribution in [1.29, 1.82) is 0 Å². The van der Waals surface area contributed by atoms with E-state index in [0.29, 0.717) is 29.9 Å². The minimum atomic E-state index is -1.11.